The van der Waals surface area contributed by atoms with Gasteiger partial charge in [-0.1, -0.05) is 152 Å². The van der Waals surface area contributed by atoms with Gasteiger partial charge in [0, 0.05) is 22.3 Å². The average molecular weight is 648 g/mol. The third-order valence-corrected chi connectivity index (χ3v) is 10.4. The highest BCUT2D eigenvalue weighted by molar-refractivity contribution is 6.20. The van der Waals surface area contributed by atoms with Crippen LogP contribution in [0.3, 0.4) is 0 Å². The summed E-state index contributed by atoms with van der Waals surface area (Å²) in [4.78, 5) is 2.47. The first-order valence-electron chi connectivity index (χ1n) is 17.6. The maximum Gasteiger partial charge on any atom is 0.0624 e. The lowest BCUT2D eigenvalue weighted by Crippen LogP contribution is -2.15. The fourth-order valence-corrected chi connectivity index (χ4v) is 7.80. The van der Waals surface area contributed by atoms with Crippen LogP contribution in [0.2, 0.25) is 0 Å². The van der Waals surface area contributed by atoms with E-state index in [-0.39, 0.29) is 0 Å². The normalized spacial score (nSPS) is 11.5. The molecule has 0 saturated carbocycles. The molecule has 238 valence electrons. The quantitative estimate of drug-likeness (QED) is 0.174. The number of rotatable bonds is 6. The minimum absolute atomic E-state index is 1.13. The maximum absolute atomic E-state index is 2.47. The van der Waals surface area contributed by atoms with Gasteiger partial charge in [0.15, 0.2) is 0 Å². The highest BCUT2D eigenvalue weighted by Gasteiger charge is 2.31. The van der Waals surface area contributed by atoms with E-state index in [1.165, 1.54) is 82.9 Å². The lowest BCUT2D eigenvalue weighted by Gasteiger charge is -2.35. The molecule has 1 nitrogen and oxygen atoms in total. The summed E-state index contributed by atoms with van der Waals surface area (Å²) in [6, 6.07) is 72.9. The molecule has 1 aliphatic rings. The van der Waals surface area contributed by atoms with Gasteiger partial charge in [-0.15, -0.1) is 0 Å². The van der Waals surface area contributed by atoms with Crippen molar-refractivity contribution in [1.29, 1.82) is 0 Å². The molecule has 0 radical (unpaired) electrons. The van der Waals surface area contributed by atoms with Gasteiger partial charge in [0.2, 0.25) is 0 Å². The van der Waals surface area contributed by atoms with Gasteiger partial charge in [-0.2, -0.15) is 0 Å². The van der Waals surface area contributed by atoms with E-state index in [9.17, 15) is 0 Å². The third kappa shape index (κ3) is 5.02. The molecule has 0 amide bonds. The Morgan fingerprint density at radius 3 is 1.31 bits per heavy atom. The fourth-order valence-electron chi connectivity index (χ4n) is 7.80. The Labute approximate surface area is 298 Å². The van der Waals surface area contributed by atoms with E-state index in [0.717, 1.165) is 11.4 Å². The van der Waals surface area contributed by atoms with Crippen LogP contribution in [0, 0.1) is 0 Å². The summed E-state index contributed by atoms with van der Waals surface area (Å²) in [5.41, 5.74) is 16.0. The van der Waals surface area contributed by atoms with Crippen LogP contribution in [-0.2, 0) is 0 Å². The van der Waals surface area contributed by atoms with Gasteiger partial charge in [-0.05, 0) is 115 Å². The first-order chi connectivity index (χ1) is 25.3. The minimum atomic E-state index is 1.13. The van der Waals surface area contributed by atoms with Crippen molar-refractivity contribution in [3.63, 3.8) is 0 Å². The lowest BCUT2D eigenvalue weighted by atomic mass is 9.76. The molecular weight excluding hydrogens is 615 g/mol. The summed E-state index contributed by atoms with van der Waals surface area (Å²) in [6.45, 7) is 0. The van der Waals surface area contributed by atoms with Crippen molar-refractivity contribution in [2.45, 2.75) is 0 Å². The molecule has 0 aliphatic heterocycles. The largest absolute Gasteiger partial charge is 0.309 e. The van der Waals surface area contributed by atoms with Gasteiger partial charge in [0.1, 0.15) is 0 Å². The molecule has 10 rings (SSSR count). The number of anilines is 3. The summed E-state index contributed by atoms with van der Waals surface area (Å²) in [5, 5.41) is 4.99. The Balaban J connectivity index is 1.17. The van der Waals surface area contributed by atoms with Crippen molar-refractivity contribution in [3.8, 4) is 55.6 Å². The van der Waals surface area contributed by atoms with Gasteiger partial charge in [0.05, 0.1) is 5.69 Å². The van der Waals surface area contributed by atoms with Gasteiger partial charge in [-0.3, -0.25) is 0 Å². The van der Waals surface area contributed by atoms with Gasteiger partial charge < -0.3 is 4.90 Å². The molecule has 0 aromatic heterocycles. The Morgan fingerprint density at radius 1 is 0.275 bits per heavy atom. The van der Waals surface area contributed by atoms with E-state index in [1.807, 2.05) is 0 Å². The van der Waals surface area contributed by atoms with Crippen molar-refractivity contribution < 1.29 is 0 Å². The van der Waals surface area contributed by atoms with Crippen LogP contribution in [0.25, 0.3) is 77.2 Å². The van der Waals surface area contributed by atoms with Crippen LogP contribution in [0.15, 0.2) is 200 Å². The first kappa shape index (κ1) is 29.2. The maximum atomic E-state index is 2.47. The smallest absolute Gasteiger partial charge is 0.0624 e. The Morgan fingerprint density at radius 2 is 0.725 bits per heavy atom. The van der Waals surface area contributed by atoms with E-state index >= 15 is 0 Å². The second-order valence-corrected chi connectivity index (χ2v) is 13.4. The van der Waals surface area contributed by atoms with E-state index in [1.54, 1.807) is 0 Å². The van der Waals surface area contributed by atoms with Crippen molar-refractivity contribution in [3.05, 3.63) is 200 Å². The first-order valence-corrected chi connectivity index (χ1v) is 17.6. The Kier molecular flexibility index (Phi) is 6.89. The number of hydrogen-bond acceptors (Lipinski definition) is 1. The lowest BCUT2D eigenvalue weighted by molar-refractivity contribution is 1.29. The SMILES string of the molecule is c1ccc(-c2ccc(N(c3ccc(-c4ccccc4)cc3)c3c4c(cc5ccccc35)-c3cc5cc(-c6ccccc6)ccc5cc3-4)cc2)cc1. The van der Waals surface area contributed by atoms with E-state index < -0.39 is 0 Å². The number of benzene rings is 9. The molecule has 0 saturated heterocycles. The second kappa shape index (κ2) is 12.0. The van der Waals surface area contributed by atoms with Crippen LogP contribution in [0.5, 0.6) is 0 Å². The third-order valence-electron chi connectivity index (χ3n) is 10.4. The zero-order chi connectivity index (χ0) is 33.7. The molecule has 0 heterocycles. The predicted octanol–water partition coefficient (Wildman–Crippen LogP) is 14.1. The van der Waals surface area contributed by atoms with E-state index in [2.05, 4.69) is 205 Å². The molecule has 51 heavy (non-hydrogen) atoms. The molecular formula is C50H33N. The standard InChI is InChI=1S/C50H33N/c1-4-12-34(13-5-1)37-22-26-43(27-23-37)51(44-28-24-38(25-29-44)35-14-6-2-7-15-35)50-45-19-11-10-18-41(45)32-48-46-33-42-30-39(36-16-8-3-9-17-36)20-21-40(42)31-47(46)49(48)50/h1-33H. The van der Waals surface area contributed by atoms with Crippen LogP contribution < -0.4 is 4.90 Å². The predicted molar refractivity (Wildman–Crippen MR) is 217 cm³/mol. The summed E-state index contributed by atoms with van der Waals surface area (Å²) in [6.07, 6.45) is 0. The molecule has 0 atom stereocenters. The second-order valence-electron chi connectivity index (χ2n) is 13.4. The highest BCUT2D eigenvalue weighted by atomic mass is 15.1. The molecule has 1 heteroatoms. The van der Waals surface area contributed by atoms with Crippen molar-refractivity contribution >= 4 is 38.6 Å². The molecule has 0 N–H and O–H groups in total. The monoisotopic (exact) mass is 647 g/mol. The molecule has 0 bridgehead atoms. The number of fused-ring (bicyclic) bond motifs is 6. The summed E-state index contributed by atoms with van der Waals surface area (Å²) in [5.74, 6) is 0. The highest BCUT2D eigenvalue weighted by Crippen LogP contribution is 2.58. The number of nitrogens with zero attached hydrogens (tertiary/aromatic N) is 1. The van der Waals surface area contributed by atoms with Gasteiger partial charge in [0.25, 0.3) is 0 Å². The summed E-state index contributed by atoms with van der Waals surface area (Å²) in [7, 11) is 0. The Hall–Kier alpha value is -6.70. The molecule has 1 aliphatic carbocycles. The molecule has 0 unspecified atom stereocenters. The molecule has 9 aromatic carbocycles. The fraction of sp³-hybridized carbons (Fsp3) is 0. The van der Waals surface area contributed by atoms with E-state index in [0.29, 0.717) is 0 Å². The van der Waals surface area contributed by atoms with E-state index in [4.69, 9.17) is 0 Å². The van der Waals surface area contributed by atoms with Crippen LogP contribution >= 0.6 is 0 Å². The van der Waals surface area contributed by atoms with Crippen LogP contribution in [-0.4, -0.2) is 0 Å². The van der Waals surface area contributed by atoms with Crippen molar-refractivity contribution in [2.75, 3.05) is 4.90 Å². The van der Waals surface area contributed by atoms with Gasteiger partial charge in [-0.25, -0.2) is 0 Å². The number of hydrogen-bond donors (Lipinski definition) is 0. The Bertz CT molecular complexity index is 2610. The topological polar surface area (TPSA) is 3.24 Å². The summed E-state index contributed by atoms with van der Waals surface area (Å²) >= 11 is 0. The molecule has 0 fully saturated rings. The molecule has 0 spiro atoms. The van der Waals surface area contributed by atoms with Crippen LogP contribution in [0.4, 0.5) is 17.1 Å². The average Bonchev–Trinajstić information content (AvgIpc) is 3.21. The summed E-state index contributed by atoms with van der Waals surface area (Å²) < 4.78 is 0. The zero-order valence-electron chi connectivity index (χ0n) is 28.0. The van der Waals surface area contributed by atoms with Crippen molar-refractivity contribution in [2.24, 2.45) is 0 Å². The van der Waals surface area contributed by atoms with Crippen molar-refractivity contribution in [1.82, 2.24) is 0 Å². The van der Waals surface area contributed by atoms with Crippen LogP contribution in [0.1, 0.15) is 0 Å². The molecule has 9 aromatic rings. The zero-order valence-corrected chi connectivity index (χ0v) is 28.0. The van der Waals surface area contributed by atoms with Gasteiger partial charge >= 0.3 is 0 Å². The minimum Gasteiger partial charge on any atom is -0.309 e.